The van der Waals surface area contributed by atoms with Crippen LogP contribution >= 0.6 is 0 Å². The van der Waals surface area contributed by atoms with Gasteiger partial charge in [-0.15, -0.1) is 0 Å². The Kier molecular flexibility index (Phi) is 2.65. The molecule has 0 bridgehead atoms. The lowest BCUT2D eigenvalue weighted by molar-refractivity contribution is 0.458. The number of nitrogens with two attached hydrogens (primary N) is 1. The highest BCUT2D eigenvalue weighted by Gasteiger charge is 2.06. The average molecular weight is 212 g/mol. The molecule has 0 aliphatic heterocycles. The van der Waals surface area contributed by atoms with E-state index in [0.717, 1.165) is 0 Å². The molecule has 2 N–H and O–H groups in total. The molecule has 0 aliphatic carbocycles. The summed E-state index contributed by atoms with van der Waals surface area (Å²) in [5.74, 6) is 0.751. The molecular formula is C11H8N4O. The zero-order valence-corrected chi connectivity index (χ0v) is 8.29. The van der Waals surface area contributed by atoms with Crippen molar-refractivity contribution in [2.75, 3.05) is 5.73 Å². The van der Waals surface area contributed by atoms with Crippen LogP contribution in [0.4, 0.5) is 5.69 Å². The largest absolute Gasteiger partial charge is 0.436 e. The van der Waals surface area contributed by atoms with Gasteiger partial charge in [0.05, 0.1) is 0 Å². The molecule has 2 rings (SSSR count). The molecule has 0 spiro atoms. The molecule has 2 aromatic rings. The van der Waals surface area contributed by atoms with Crippen LogP contribution in [0.1, 0.15) is 5.69 Å². The van der Waals surface area contributed by atoms with Crippen LogP contribution in [0.5, 0.6) is 11.6 Å². The fourth-order valence-electron chi connectivity index (χ4n) is 1.12. The normalized spacial score (nSPS) is 9.44. The third kappa shape index (κ3) is 2.07. The van der Waals surface area contributed by atoms with Gasteiger partial charge < -0.3 is 10.5 Å². The molecule has 0 atom stereocenters. The fraction of sp³-hybridized carbons (Fsp3) is 0. The number of nitriles is 1. The first-order chi connectivity index (χ1) is 7.79. The van der Waals surface area contributed by atoms with E-state index >= 15 is 0 Å². The minimum Gasteiger partial charge on any atom is -0.436 e. The second-order valence-electron chi connectivity index (χ2n) is 2.99. The Morgan fingerprint density at radius 3 is 2.50 bits per heavy atom. The standard InChI is InChI=1S/C11H8N4O/c12-7-10-11(15-6-5-14-10)16-9-3-1-8(13)2-4-9/h1-6H,13H2. The summed E-state index contributed by atoms with van der Waals surface area (Å²) in [6.45, 7) is 0. The summed E-state index contributed by atoms with van der Waals surface area (Å²) in [6.07, 6.45) is 2.90. The molecule has 0 radical (unpaired) electrons. The van der Waals surface area contributed by atoms with Gasteiger partial charge in [0.2, 0.25) is 5.69 Å². The van der Waals surface area contributed by atoms with Crippen molar-refractivity contribution in [3.8, 4) is 17.7 Å². The minimum atomic E-state index is 0.152. The van der Waals surface area contributed by atoms with Gasteiger partial charge in [-0.3, -0.25) is 0 Å². The Hall–Kier alpha value is -2.61. The second-order valence-corrected chi connectivity index (χ2v) is 2.99. The van der Waals surface area contributed by atoms with E-state index in [4.69, 9.17) is 15.7 Å². The molecule has 1 aromatic heterocycles. The SMILES string of the molecule is N#Cc1nccnc1Oc1ccc(N)cc1. The van der Waals surface area contributed by atoms with Gasteiger partial charge in [-0.05, 0) is 24.3 Å². The van der Waals surface area contributed by atoms with E-state index in [9.17, 15) is 0 Å². The van der Waals surface area contributed by atoms with Crippen LogP contribution in [-0.2, 0) is 0 Å². The number of nitrogen functional groups attached to an aromatic ring is 1. The maximum absolute atomic E-state index is 8.79. The topological polar surface area (TPSA) is 84.8 Å². The smallest absolute Gasteiger partial charge is 0.256 e. The van der Waals surface area contributed by atoms with Crippen molar-refractivity contribution in [1.29, 1.82) is 5.26 Å². The van der Waals surface area contributed by atoms with Crippen molar-refractivity contribution in [2.45, 2.75) is 0 Å². The Balaban J connectivity index is 2.27. The maximum Gasteiger partial charge on any atom is 0.256 e. The van der Waals surface area contributed by atoms with Crippen LogP contribution in [-0.4, -0.2) is 9.97 Å². The van der Waals surface area contributed by atoms with E-state index in [0.29, 0.717) is 11.4 Å². The summed E-state index contributed by atoms with van der Waals surface area (Å²) >= 11 is 0. The zero-order chi connectivity index (χ0) is 11.4. The first-order valence-corrected chi connectivity index (χ1v) is 4.54. The van der Waals surface area contributed by atoms with Crippen LogP contribution in [0, 0.1) is 11.3 Å². The lowest BCUT2D eigenvalue weighted by atomic mass is 10.3. The summed E-state index contributed by atoms with van der Waals surface area (Å²) in [6, 6.07) is 8.72. The van der Waals surface area contributed by atoms with E-state index in [-0.39, 0.29) is 11.6 Å². The van der Waals surface area contributed by atoms with Crippen molar-refractivity contribution in [3.63, 3.8) is 0 Å². The predicted molar refractivity (Wildman–Crippen MR) is 57.7 cm³/mol. The van der Waals surface area contributed by atoms with E-state index in [1.165, 1.54) is 12.4 Å². The third-order valence-electron chi connectivity index (χ3n) is 1.87. The van der Waals surface area contributed by atoms with Gasteiger partial charge in [0.25, 0.3) is 5.88 Å². The highest BCUT2D eigenvalue weighted by molar-refractivity contribution is 5.43. The van der Waals surface area contributed by atoms with Gasteiger partial charge in [0.15, 0.2) is 0 Å². The molecule has 16 heavy (non-hydrogen) atoms. The fourth-order valence-corrected chi connectivity index (χ4v) is 1.12. The first-order valence-electron chi connectivity index (χ1n) is 4.54. The number of nitrogens with zero attached hydrogens (tertiary/aromatic N) is 3. The van der Waals surface area contributed by atoms with Gasteiger partial charge in [0.1, 0.15) is 11.8 Å². The summed E-state index contributed by atoms with van der Waals surface area (Å²) in [5, 5.41) is 8.79. The number of ether oxygens (including phenoxy) is 1. The minimum absolute atomic E-state index is 0.152. The van der Waals surface area contributed by atoms with Gasteiger partial charge in [-0.25, -0.2) is 9.97 Å². The molecular weight excluding hydrogens is 204 g/mol. The van der Waals surface area contributed by atoms with Crippen LogP contribution < -0.4 is 10.5 Å². The Morgan fingerprint density at radius 2 is 1.81 bits per heavy atom. The predicted octanol–water partition coefficient (Wildman–Crippen LogP) is 1.72. The molecule has 0 amide bonds. The Morgan fingerprint density at radius 1 is 1.12 bits per heavy atom. The molecule has 1 aromatic carbocycles. The van der Waals surface area contributed by atoms with Gasteiger partial charge in [-0.1, -0.05) is 0 Å². The van der Waals surface area contributed by atoms with Crippen molar-refractivity contribution in [3.05, 3.63) is 42.4 Å². The first kappa shape index (κ1) is 9.93. The van der Waals surface area contributed by atoms with Crippen molar-refractivity contribution in [2.24, 2.45) is 0 Å². The van der Waals surface area contributed by atoms with Crippen LogP contribution in [0.2, 0.25) is 0 Å². The lowest BCUT2D eigenvalue weighted by Crippen LogP contribution is -1.94. The quantitative estimate of drug-likeness (QED) is 0.766. The van der Waals surface area contributed by atoms with E-state index in [2.05, 4.69) is 9.97 Å². The Labute approximate surface area is 92.1 Å². The molecule has 0 saturated heterocycles. The summed E-state index contributed by atoms with van der Waals surface area (Å²) in [5.41, 5.74) is 6.34. The van der Waals surface area contributed by atoms with E-state index in [1.807, 2.05) is 6.07 Å². The molecule has 78 valence electrons. The number of aromatic nitrogens is 2. The molecule has 0 saturated carbocycles. The Bertz CT molecular complexity index is 530. The highest BCUT2D eigenvalue weighted by Crippen LogP contribution is 2.21. The number of rotatable bonds is 2. The van der Waals surface area contributed by atoms with Gasteiger partial charge >= 0.3 is 0 Å². The molecule has 0 unspecified atom stereocenters. The maximum atomic E-state index is 8.79. The van der Waals surface area contributed by atoms with Gasteiger partial charge in [-0.2, -0.15) is 5.26 Å². The molecule has 0 aliphatic rings. The van der Waals surface area contributed by atoms with E-state index in [1.54, 1.807) is 24.3 Å². The number of hydrogen-bond donors (Lipinski definition) is 1. The van der Waals surface area contributed by atoms with Crippen LogP contribution in [0.3, 0.4) is 0 Å². The molecule has 0 fully saturated rings. The second kappa shape index (κ2) is 4.28. The number of hydrogen-bond acceptors (Lipinski definition) is 5. The highest BCUT2D eigenvalue weighted by atomic mass is 16.5. The lowest BCUT2D eigenvalue weighted by Gasteiger charge is -2.04. The summed E-state index contributed by atoms with van der Waals surface area (Å²) in [4.78, 5) is 7.77. The summed E-state index contributed by atoms with van der Waals surface area (Å²) in [7, 11) is 0. The van der Waals surface area contributed by atoms with Gasteiger partial charge in [0, 0.05) is 18.1 Å². The third-order valence-corrected chi connectivity index (χ3v) is 1.87. The average Bonchev–Trinajstić information content (AvgIpc) is 2.33. The van der Waals surface area contributed by atoms with Crippen LogP contribution in [0.15, 0.2) is 36.7 Å². The van der Waals surface area contributed by atoms with Crippen molar-refractivity contribution < 1.29 is 4.74 Å². The monoisotopic (exact) mass is 212 g/mol. The van der Waals surface area contributed by atoms with Crippen molar-refractivity contribution in [1.82, 2.24) is 9.97 Å². The van der Waals surface area contributed by atoms with Crippen LogP contribution in [0.25, 0.3) is 0 Å². The number of anilines is 1. The van der Waals surface area contributed by atoms with E-state index < -0.39 is 0 Å². The molecule has 1 heterocycles. The molecule has 5 nitrogen and oxygen atoms in total. The molecule has 5 heteroatoms. The summed E-state index contributed by atoms with van der Waals surface area (Å²) < 4.78 is 5.40. The zero-order valence-electron chi connectivity index (χ0n) is 8.29. The van der Waals surface area contributed by atoms with Crippen molar-refractivity contribution >= 4 is 5.69 Å². The number of benzene rings is 1.